The van der Waals surface area contributed by atoms with Gasteiger partial charge in [-0.25, -0.2) is 12.8 Å². The van der Waals surface area contributed by atoms with Crippen LogP contribution in [0.1, 0.15) is 10.4 Å². The van der Waals surface area contributed by atoms with Crippen LogP contribution in [0.5, 0.6) is 0 Å². The van der Waals surface area contributed by atoms with Crippen LogP contribution in [-0.4, -0.2) is 26.8 Å². The van der Waals surface area contributed by atoms with Crippen LogP contribution in [-0.2, 0) is 23.1 Å². The summed E-state index contributed by atoms with van der Waals surface area (Å²) in [4.78, 5) is 1.19. The number of nitrogens with one attached hydrogen (secondary N) is 1. The van der Waals surface area contributed by atoms with Crippen LogP contribution in [0.4, 0.5) is 4.39 Å². The third-order valence-electron chi connectivity index (χ3n) is 3.04. The van der Waals surface area contributed by atoms with E-state index in [-0.39, 0.29) is 11.4 Å². The quantitative estimate of drug-likeness (QED) is 0.886. The minimum atomic E-state index is -3.60. The molecule has 0 aliphatic carbocycles. The Bertz CT molecular complexity index is 713. The molecule has 0 fully saturated rings. The van der Waals surface area contributed by atoms with Crippen molar-refractivity contribution < 1.29 is 12.8 Å². The van der Waals surface area contributed by atoms with Crippen molar-refractivity contribution in [1.82, 2.24) is 9.62 Å². The van der Waals surface area contributed by atoms with Crippen molar-refractivity contribution in [2.24, 2.45) is 0 Å². The minimum absolute atomic E-state index is 0.00617. The number of benzene rings is 1. The van der Waals surface area contributed by atoms with E-state index in [9.17, 15) is 12.8 Å². The monoisotopic (exact) mass is 328 g/mol. The zero-order chi connectivity index (χ0) is 15.5. The molecule has 1 heterocycles. The molecule has 0 spiro atoms. The average Bonchev–Trinajstić information content (AvgIpc) is 2.91. The van der Waals surface area contributed by atoms with E-state index in [0.717, 1.165) is 9.18 Å². The van der Waals surface area contributed by atoms with E-state index in [4.69, 9.17) is 0 Å². The fourth-order valence-electron chi connectivity index (χ4n) is 1.89. The lowest BCUT2D eigenvalue weighted by Gasteiger charge is -2.16. The van der Waals surface area contributed by atoms with Crippen LogP contribution < -0.4 is 5.32 Å². The summed E-state index contributed by atoms with van der Waals surface area (Å²) in [6, 6.07) is 7.83. The van der Waals surface area contributed by atoms with Crippen LogP contribution in [0.2, 0.25) is 0 Å². The summed E-state index contributed by atoms with van der Waals surface area (Å²) < 4.78 is 39.7. The number of halogens is 1. The number of rotatable bonds is 6. The molecule has 21 heavy (non-hydrogen) atoms. The molecule has 0 aliphatic heterocycles. The van der Waals surface area contributed by atoms with Crippen LogP contribution in [0.3, 0.4) is 0 Å². The van der Waals surface area contributed by atoms with Crippen LogP contribution in [0.25, 0.3) is 0 Å². The third kappa shape index (κ3) is 3.68. The molecule has 1 N–H and O–H groups in total. The standard InChI is InChI=1S/C14H17FN2O2S2/c1-16-8-12-7-13(10-20-12)21(18,19)17(2)9-11-5-3-4-6-14(11)15/h3-7,10,16H,8-9H2,1-2H3. The first-order valence-corrected chi connectivity index (χ1v) is 8.69. The highest BCUT2D eigenvalue weighted by atomic mass is 32.2. The van der Waals surface area contributed by atoms with Gasteiger partial charge in [-0.05, 0) is 19.2 Å². The van der Waals surface area contributed by atoms with Crippen LogP contribution >= 0.6 is 11.3 Å². The first kappa shape index (κ1) is 16.1. The van der Waals surface area contributed by atoms with Gasteiger partial charge in [-0.2, -0.15) is 4.31 Å². The van der Waals surface area contributed by atoms with E-state index in [2.05, 4.69) is 5.32 Å². The Hall–Kier alpha value is -1.28. The van der Waals surface area contributed by atoms with Gasteiger partial charge in [0.1, 0.15) is 5.82 Å². The van der Waals surface area contributed by atoms with Crippen molar-refractivity contribution in [1.29, 1.82) is 0 Å². The van der Waals surface area contributed by atoms with Gasteiger partial charge in [-0.3, -0.25) is 0 Å². The van der Waals surface area contributed by atoms with Crippen molar-refractivity contribution in [3.8, 4) is 0 Å². The maximum absolute atomic E-state index is 13.6. The fourth-order valence-corrected chi connectivity index (χ4v) is 4.32. The largest absolute Gasteiger partial charge is 0.315 e. The van der Waals surface area contributed by atoms with Crippen molar-refractivity contribution >= 4 is 21.4 Å². The summed E-state index contributed by atoms with van der Waals surface area (Å²) in [6.07, 6.45) is 0. The summed E-state index contributed by atoms with van der Waals surface area (Å²) in [5.74, 6) is -0.402. The van der Waals surface area contributed by atoms with Gasteiger partial charge >= 0.3 is 0 Å². The average molecular weight is 328 g/mol. The van der Waals surface area contributed by atoms with Crippen molar-refractivity contribution in [2.75, 3.05) is 14.1 Å². The second-order valence-corrected chi connectivity index (χ2v) is 7.67. The van der Waals surface area contributed by atoms with E-state index in [1.165, 1.54) is 24.5 Å². The molecule has 0 saturated carbocycles. The number of thiophene rings is 1. The molecule has 0 radical (unpaired) electrons. The molecule has 7 heteroatoms. The van der Waals surface area contributed by atoms with Crippen molar-refractivity contribution in [3.63, 3.8) is 0 Å². The zero-order valence-electron chi connectivity index (χ0n) is 11.8. The van der Waals surface area contributed by atoms with Gasteiger partial charge in [-0.1, -0.05) is 18.2 Å². The Labute approximate surface area is 128 Å². The lowest BCUT2D eigenvalue weighted by atomic mass is 10.2. The molecule has 0 amide bonds. The van der Waals surface area contributed by atoms with E-state index in [1.54, 1.807) is 36.7 Å². The van der Waals surface area contributed by atoms with Crippen LogP contribution in [0, 0.1) is 5.82 Å². The molecule has 0 atom stereocenters. The van der Waals surface area contributed by atoms with Gasteiger partial charge in [0.15, 0.2) is 0 Å². The molecular weight excluding hydrogens is 311 g/mol. The maximum atomic E-state index is 13.6. The Kier molecular flexibility index (Phi) is 5.10. The number of hydrogen-bond donors (Lipinski definition) is 1. The normalized spacial score (nSPS) is 12.0. The van der Waals surface area contributed by atoms with E-state index < -0.39 is 15.8 Å². The molecule has 0 unspecified atom stereocenters. The van der Waals surface area contributed by atoms with Crippen molar-refractivity contribution in [2.45, 2.75) is 18.0 Å². The summed E-state index contributed by atoms with van der Waals surface area (Å²) in [5, 5.41) is 4.59. The second kappa shape index (κ2) is 6.65. The molecule has 2 aromatic rings. The smallest absolute Gasteiger partial charge is 0.243 e. The summed E-state index contributed by atoms with van der Waals surface area (Å²) in [5.41, 5.74) is 0.356. The first-order chi connectivity index (χ1) is 9.95. The second-order valence-electron chi connectivity index (χ2n) is 4.63. The van der Waals surface area contributed by atoms with E-state index in [0.29, 0.717) is 12.1 Å². The molecular formula is C14H17FN2O2S2. The van der Waals surface area contributed by atoms with Crippen LogP contribution in [0.15, 0.2) is 40.6 Å². The summed E-state index contributed by atoms with van der Waals surface area (Å²) in [6.45, 7) is 0.628. The predicted octanol–water partition coefficient (Wildman–Crippen LogP) is 2.43. The SMILES string of the molecule is CNCc1cc(S(=O)(=O)N(C)Cc2ccccc2F)cs1. The lowest BCUT2D eigenvalue weighted by molar-refractivity contribution is 0.456. The van der Waals surface area contributed by atoms with E-state index >= 15 is 0 Å². The first-order valence-electron chi connectivity index (χ1n) is 6.37. The summed E-state index contributed by atoms with van der Waals surface area (Å²) in [7, 11) is -0.343. The number of nitrogens with zero attached hydrogens (tertiary/aromatic N) is 1. The fraction of sp³-hybridized carbons (Fsp3) is 0.286. The molecule has 0 bridgehead atoms. The van der Waals surface area contributed by atoms with Gasteiger partial charge in [-0.15, -0.1) is 11.3 Å². The highest BCUT2D eigenvalue weighted by Gasteiger charge is 2.23. The third-order valence-corrected chi connectivity index (χ3v) is 5.91. The van der Waals surface area contributed by atoms with Gasteiger partial charge in [0.25, 0.3) is 0 Å². The molecule has 1 aromatic carbocycles. The number of sulfonamides is 1. The molecule has 4 nitrogen and oxygen atoms in total. The molecule has 2 rings (SSSR count). The topological polar surface area (TPSA) is 49.4 Å². The predicted molar refractivity (Wildman–Crippen MR) is 82.1 cm³/mol. The summed E-state index contributed by atoms with van der Waals surface area (Å²) >= 11 is 1.39. The zero-order valence-corrected chi connectivity index (χ0v) is 13.5. The molecule has 1 aromatic heterocycles. The Morgan fingerprint density at radius 2 is 2.05 bits per heavy atom. The Morgan fingerprint density at radius 3 is 2.71 bits per heavy atom. The van der Waals surface area contributed by atoms with Gasteiger partial charge in [0.2, 0.25) is 10.0 Å². The molecule has 0 saturated heterocycles. The van der Waals surface area contributed by atoms with Gasteiger partial charge < -0.3 is 5.32 Å². The van der Waals surface area contributed by atoms with Gasteiger partial charge in [0, 0.05) is 36.0 Å². The lowest BCUT2D eigenvalue weighted by Crippen LogP contribution is -2.26. The maximum Gasteiger partial charge on any atom is 0.243 e. The number of hydrogen-bond acceptors (Lipinski definition) is 4. The Balaban J connectivity index is 2.20. The highest BCUT2D eigenvalue weighted by molar-refractivity contribution is 7.89. The minimum Gasteiger partial charge on any atom is -0.315 e. The van der Waals surface area contributed by atoms with Crippen molar-refractivity contribution in [3.05, 3.63) is 52.0 Å². The Morgan fingerprint density at radius 1 is 1.33 bits per heavy atom. The molecule has 0 aliphatic rings. The van der Waals surface area contributed by atoms with E-state index in [1.807, 2.05) is 0 Å². The highest BCUT2D eigenvalue weighted by Crippen LogP contribution is 2.23. The van der Waals surface area contributed by atoms with Gasteiger partial charge in [0.05, 0.1) is 4.90 Å². The molecule has 114 valence electrons.